The van der Waals surface area contributed by atoms with Gasteiger partial charge < -0.3 is 24.1 Å². The van der Waals surface area contributed by atoms with E-state index < -0.39 is 5.97 Å². The molecule has 182 valence electrons. The first-order chi connectivity index (χ1) is 16.5. The number of carbonyl (C=O) groups is 1. The molecule has 0 aliphatic heterocycles. The van der Waals surface area contributed by atoms with Gasteiger partial charge in [0.15, 0.2) is 11.5 Å². The first kappa shape index (κ1) is 25.0. The third-order valence-corrected chi connectivity index (χ3v) is 5.25. The van der Waals surface area contributed by atoms with Crippen LogP contribution in [0.4, 0.5) is 0 Å². The van der Waals surface area contributed by atoms with Gasteiger partial charge in [-0.25, -0.2) is 0 Å². The minimum Gasteiger partial charge on any atom is -0.496 e. The first-order valence-electron chi connectivity index (χ1n) is 11.4. The summed E-state index contributed by atoms with van der Waals surface area (Å²) in [6.45, 7) is 3.62. The van der Waals surface area contributed by atoms with Gasteiger partial charge in [0.2, 0.25) is 5.88 Å². The number of carboxylic acids is 1. The summed E-state index contributed by atoms with van der Waals surface area (Å²) in [6, 6.07) is 15.1. The number of methoxy groups -OCH3 is 2. The standard InChI is InChI=1S/C26H32N2O6/c1-4-14-33-24-17-21(28(27-24)18-20-9-5-6-12-22(20)31-2)11-8-15-34-26-19(16-25(29)30)10-7-13-23(26)32-3/h5-7,9-10,12-13,17H,4,8,11,14-16,18H2,1-3H3,(H,29,30). The van der Waals surface area contributed by atoms with E-state index in [0.717, 1.165) is 23.4 Å². The van der Waals surface area contributed by atoms with Gasteiger partial charge in [-0.3, -0.25) is 9.48 Å². The highest BCUT2D eigenvalue weighted by molar-refractivity contribution is 5.72. The van der Waals surface area contributed by atoms with Crippen molar-refractivity contribution in [3.05, 3.63) is 65.4 Å². The number of nitrogens with zero attached hydrogens (tertiary/aromatic N) is 2. The Bertz CT molecular complexity index is 1080. The number of hydrogen-bond donors (Lipinski definition) is 1. The SMILES string of the molecule is CCCOc1cc(CCCOc2c(CC(=O)O)cccc2OC)n(Cc2ccccc2OC)n1. The average Bonchev–Trinajstić information content (AvgIpc) is 3.22. The average molecular weight is 469 g/mol. The Morgan fingerprint density at radius 2 is 1.71 bits per heavy atom. The molecule has 0 aliphatic rings. The summed E-state index contributed by atoms with van der Waals surface area (Å²) in [7, 11) is 3.20. The fraction of sp³-hybridized carbons (Fsp3) is 0.385. The van der Waals surface area contributed by atoms with Gasteiger partial charge in [-0.05, 0) is 31.4 Å². The number of ether oxygens (including phenoxy) is 4. The van der Waals surface area contributed by atoms with Gasteiger partial charge in [0, 0.05) is 22.9 Å². The fourth-order valence-electron chi connectivity index (χ4n) is 3.65. The summed E-state index contributed by atoms with van der Waals surface area (Å²) in [5, 5.41) is 13.8. The molecule has 1 heterocycles. The molecule has 8 heteroatoms. The molecule has 2 aromatic carbocycles. The van der Waals surface area contributed by atoms with Crippen molar-refractivity contribution in [1.29, 1.82) is 0 Å². The van der Waals surface area contributed by atoms with Crippen molar-refractivity contribution in [3.8, 4) is 23.1 Å². The number of carboxylic acid groups (broad SMARTS) is 1. The van der Waals surface area contributed by atoms with E-state index in [9.17, 15) is 9.90 Å². The van der Waals surface area contributed by atoms with Crippen LogP contribution in [-0.4, -0.2) is 48.3 Å². The number of aromatic nitrogens is 2. The summed E-state index contributed by atoms with van der Waals surface area (Å²) in [6.07, 6.45) is 2.19. The maximum Gasteiger partial charge on any atom is 0.307 e. The van der Waals surface area contributed by atoms with E-state index in [1.165, 1.54) is 0 Å². The van der Waals surface area contributed by atoms with Crippen LogP contribution in [0.2, 0.25) is 0 Å². The zero-order valence-corrected chi connectivity index (χ0v) is 20.0. The minimum atomic E-state index is -0.919. The quantitative estimate of drug-likeness (QED) is 0.351. The lowest BCUT2D eigenvalue weighted by Gasteiger charge is -2.14. The van der Waals surface area contributed by atoms with E-state index >= 15 is 0 Å². The predicted molar refractivity (Wildman–Crippen MR) is 128 cm³/mol. The van der Waals surface area contributed by atoms with Gasteiger partial charge in [-0.1, -0.05) is 37.3 Å². The van der Waals surface area contributed by atoms with E-state index in [1.807, 2.05) is 35.0 Å². The van der Waals surface area contributed by atoms with Crippen LogP contribution in [0.25, 0.3) is 0 Å². The number of para-hydroxylation sites is 2. The molecule has 0 atom stereocenters. The number of benzene rings is 2. The molecule has 3 aromatic rings. The highest BCUT2D eigenvalue weighted by atomic mass is 16.5. The zero-order chi connectivity index (χ0) is 24.3. The second-order valence-electron chi connectivity index (χ2n) is 7.76. The number of rotatable bonds is 14. The monoisotopic (exact) mass is 468 g/mol. The summed E-state index contributed by atoms with van der Waals surface area (Å²) in [4.78, 5) is 11.2. The molecule has 0 amide bonds. The lowest BCUT2D eigenvalue weighted by molar-refractivity contribution is -0.136. The van der Waals surface area contributed by atoms with E-state index in [2.05, 4.69) is 12.0 Å². The third-order valence-electron chi connectivity index (χ3n) is 5.25. The van der Waals surface area contributed by atoms with Crippen LogP contribution >= 0.6 is 0 Å². The lowest BCUT2D eigenvalue weighted by Crippen LogP contribution is -2.10. The second kappa shape index (κ2) is 12.5. The number of aliphatic carboxylic acids is 1. The Hall–Kier alpha value is -3.68. The molecule has 0 fully saturated rings. The molecule has 0 saturated carbocycles. The molecule has 1 aromatic heterocycles. The summed E-state index contributed by atoms with van der Waals surface area (Å²) < 4.78 is 24.5. The maximum atomic E-state index is 11.2. The Morgan fingerprint density at radius 1 is 0.971 bits per heavy atom. The van der Waals surface area contributed by atoms with Crippen molar-refractivity contribution in [2.24, 2.45) is 0 Å². The Kier molecular flexibility index (Phi) is 9.20. The minimum absolute atomic E-state index is 0.129. The van der Waals surface area contributed by atoms with Gasteiger partial charge in [0.25, 0.3) is 0 Å². The predicted octanol–water partition coefficient (Wildman–Crippen LogP) is 4.38. The van der Waals surface area contributed by atoms with E-state index in [0.29, 0.717) is 55.5 Å². The topological polar surface area (TPSA) is 92.0 Å². The van der Waals surface area contributed by atoms with E-state index in [4.69, 9.17) is 18.9 Å². The third kappa shape index (κ3) is 6.66. The van der Waals surface area contributed by atoms with Crippen molar-refractivity contribution >= 4 is 5.97 Å². The van der Waals surface area contributed by atoms with Crippen LogP contribution in [0, 0.1) is 0 Å². The molecule has 0 aliphatic carbocycles. The van der Waals surface area contributed by atoms with Crippen molar-refractivity contribution in [2.75, 3.05) is 27.4 Å². The number of hydrogen-bond acceptors (Lipinski definition) is 6. The van der Waals surface area contributed by atoms with Crippen molar-refractivity contribution in [1.82, 2.24) is 9.78 Å². The smallest absolute Gasteiger partial charge is 0.307 e. The van der Waals surface area contributed by atoms with Crippen molar-refractivity contribution in [2.45, 2.75) is 39.2 Å². The van der Waals surface area contributed by atoms with Crippen LogP contribution in [0.5, 0.6) is 23.1 Å². The van der Waals surface area contributed by atoms with Gasteiger partial charge in [0.05, 0.1) is 40.4 Å². The van der Waals surface area contributed by atoms with Crippen LogP contribution in [0.3, 0.4) is 0 Å². The summed E-state index contributed by atoms with van der Waals surface area (Å²) >= 11 is 0. The summed E-state index contributed by atoms with van der Waals surface area (Å²) in [5.74, 6) is 1.49. The Morgan fingerprint density at radius 3 is 2.44 bits per heavy atom. The highest BCUT2D eigenvalue weighted by Gasteiger charge is 2.15. The van der Waals surface area contributed by atoms with Gasteiger partial charge in [-0.2, -0.15) is 0 Å². The molecule has 0 unspecified atom stereocenters. The molecule has 0 spiro atoms. The van der Waals surface area contributed by atoms with Gasteiger partial charge >= 0.3 is 5.97 Å². The first-order valence-corrected chi connectivity index (χ1v) is 11.4. The van der Waals surface area contributed by atoms with Crippen LogP contribution < -0.4 is 18.9 Å². The molecular formula is C26H32N2O6. The molecular weight excluding hydrogens is 436 g/mol. The lowest BCUT2D eigenvalue weighted by atomic mass is 10.1. The molecule has 8 nitrogen and oxygen atoms in total. The van der Waals surface area contributed by atoms with Crippen LogP contribution in [0.15, 0.2) is 48.5 Å². The van der Waals surface area contributed by atoms with Crippen LogP contribution in [0.1, 0.15) is 36.6 Å². The Labute approximate surface area is 200 Å². The van der Waals surface area contributed by atoms with Crippen molar-refractivity contribution in [3.63, 3.8) is 0 Å². The van der Waals surface area contributed by atoms with E-state index in [-0.39, 0.29) is 6.42 Å². The molecule has 34 heavy (non-hydrogen) atoms. The van der Waals surface area contributed by atoms with Gasteiger partial charge in [0.1, 0.15) is 5.75 Å². The van der Waals surface area contributed by atoms with Crippen molar-refractivity contribution < 1.29 is 28.8 Å². The van der Waals surface area contributed by atoms with E-state index in [1.54, 1.807) is 32.4 Å². The zero-order valence-electron chi connectivity index (χ0n) is 20.0. The number of aryl methyl sites for hydroxylation is 1. The largest absolute Gasteiger partial charge is 0.496 e. The molecule has 0 radical (unpaired) electrons. The van der Waals surface area contributed by atoms with Gasteiger partial charge in [-0.15, -0.1) is 5.10 Å². The highest BCUT2D eigenvalue weighted by Crippen LogP contribution is 2.32. The summed E-state index contributed by atoms with van der Waals surface area (Å²) in [5.41, 5.74) is 2.63. The normalized spacial score (nSPS) is 10.7. The molecule has 1 N–H and O–H groups in total. The molecule has 0 bridgehead atoms. The fourth-order valence-corrected chi connectivity index (χ4v) is 3.65. The second-order valence-corrected chi connectivity index (χ2v) is 7.76. The maximum absolute atomic E-state index is 11.2. The molecule has 0 saturated heterocycles. The Balaban J connectivity index is 1.71. The molecule has 3 rings (SSSR count). The van der Waals surface area contributed by atoms with Crippen LogP contribution in [-0.2, 0) is 24.2 Å².